The van der Waals surface area contributed by atoms with Gasteiger partial charge in [0, 0.05) is 18.4 Å². The van der Waals surface area contributed by atoms with Crippen molar-refractivity contribution in [3.8, 4) is 11.5 Å². The van der Waals surface area contributed by atoms with Crippen molar-refractivity contribution in [2.45, 2.75) is 25.8 Å². The van der Waals surface area contributed by atoms with E-state index in [2.05, 4.69) is 30.5 Å². The maximum Gasteiger partial charge on any atom is 0.332 e. The molecule has 2 aliphatic heterocycles. The number of benzene rings is 2. The summed E-state index contributed by atoms with van der Waals surface area (Å²) in [5.41, 5.74) is 2.75. The number of ether oxygens (including phenoxy) is 1. The Labute approximate surface area is 256 Å². The van der Waals surface area contributed by atoms with Crippen LogP contribution in [0.4, 0.5) is 27.7 Å². The van der Waals surface area contributed by atoms with Crippen LogP contribution in [0.15, 0.2) is 73.3 Å². The Hall–Kier alpha value is -4.58. The molecule has 7 rings (SSSR count). The highest BCUT2D eigenvalue weighted by atomic mass is 35.5. The lowest BCUT2D eigenvalue weighted by Crippen LogP contribution is -2.35. The predicted molar refractivity (Wildman–Crippen MR) is 168 cm³/mol. The predicted octanol–water partition coefficient (Wildman–Crippen LogP) is 7.45. The topological polar surface area (TPSA) is 113 Å². The van der Waals surface area contributed by atoms with Crippen LogP contribution in [0, 0.1) is 0 Å². The first kappa shape index (κ1) is 27.3. The van der Waals surface area contributed by atoms with Gasteiger partial charge in [-0.3, -0.25) is 14.7 Å². The molecule has 0 spiro atoms. The molecule has 0 unspecified atom stereocenters. The van der Waals surface area contributed by atoms with E-state index < -0.39 is 6.03 Å². The van der Waals surface area contributed by atoms with Gasteiger partial charge in [0.2, 0.25) is 0 Å². The van der Waals surface area contributed by atoms with Crippen LogP contribution in [0.25, 0.3) is 10.2 Å². The highest BCUT2D eigenvalue weighted by molar-refractivity contribution is 7.21. The summed E-state index contributed by atoms with van der Waals surface area (Å²) in [5.74, 6) is 0.977. The van der Waals surface area contributed by atoms with Crippen LogP contribution < -0.4 is 20.3 Å². The number of carbonyl (C=O) groups is 2. The van der Waals surface area contributed by atoms with Crippen LogP contribution in [0.3, 0.4) is 0 Å². The largest absolute Gasteiger partial charge is 0.454 e. The van der Waals surface area contributed by atoms with Crippen LogP contribution in [0.5, 0.6) is 11.5 Å². The van der Waals surface area contributed by atoms with Crippen molar-refractivity contribution in [3.05, 3.63) is 88.8 Å². The molecule has 2 N–H and O–H groups in total. The van der Waals surface area contributed by atoms with Crippen LogP contribution in [0.1, 0.15) is 34.5 Å². The molecule has 1 saturated heterocycles. The van der Waals surface area contributed by atoms with Gasteiger partial charge in [0.15, 0.2) is 5.82 Å². The van der Waals surface area contributed by atoms with Crippen LogP contribution >= 0.6 is 22.9 Å². The van der Waals surface area contributed by atoms with Gasteiger partial charge in [0.25, 0.3) is 5.91 Å². The summed E-state index contributed by atoms with van der Waals surface area (Å²) in [6.45, 7) is 3.16. The zero-order valence-electron chi connectivity index (χ0n) is 22.9. The number of hydrogen-bond donors (Lipinski definition) is 2. The number of rotatable bonds is 7. The average Bonchev–Trinajstić information content (AvgIpc) is 3.40. The monoisotopic (exact) mass is 611 g/mol. The van der Waals surface area contributed by atoms with E-state index in [-0.39, 0.29) is 5.91 Å². The number of halogens is 1. The van der Waals surface area contributed by atoms with Gasteiger partial charge in [-0.2, -0.15) is 0 Å². The molecule has 3 aromatic heterocycles. The maximum absolute atomic E-state index is 13.5. The first-order valence-corrected chi connectivity index (χ1v) is 15.1. The number of hydrogen-bond acceptors (Lipinski definition) is 8. The molecule has 0 atom stereocenters. The molecule has 2 aliphatic rings. The summed E-state index contributed by atoms with van der Waals surface area (Å²) in [6.07, 6.45) is 8.40. The number of thiophene rings is 1. The molecule has 0 saturated carbocycles. The van der Waals surface area contributed by atoms with E-state index in [0.29, 0.717) is 54.5 Å². The third-order valence-corrected chi connectivity index (χ3v) is 8.82. The maximum atomic E-state index is 13.5. The van der Waals surface area contributed by atoms with E-state index >= 15 is 0 Å². The van der Waals surface area contributed by atoms with E-state index in [0.717, 1.165) is 19.6 Å². The van der Waals surface area contributed by atoms with Crippen LogP contribution in [-0.2, 0) is 6.54 Å². The Morgan fingerprint density at radius 2 is 1.91 bits per heavy atom. The Morgan fingerprint density at radius 3 is 2.67 bits per heavy atom. The third kappa shape index (κ3) is 5.50. The molecule has 0 aliphatic carbocycles. The number of piperidine rings is 1. The Bertz CT molecular complexity index is 1830. The van der Waals surface area contributed by atoms with Crippen molar-refractivity contribution in [1.82, 2.24) is 19.9 Å². The molecule has 10 nitrogen and oxygen atoms in total. The number of pyridine rings is 1. The van der Waals surface area contributed by atoms with Gasteiger partial charge in [0.1, 0.15) is 27.5 Å². The highest BCUT2D eigenvalue weighted by Gasteiger charge is 2.34. The molecule has 3 amide bonds. The highest BCUT2D eigenvalue weighted by Crippen LogP contribution is 2.45. The van der Waals surface area contributed by atoms with Gasteiger partial charge < -0.3 is 15.4 Å². The van der Waals surface area contributed by atoms with Gasteiger partial charge in [-0.1, -0.05) is 30.2 Å². The minimum atomic E-state index is -0.473. The summed E-state index contributed by atoms with van der Waals surface area (Å²) in [6, 6.07) is 16.0. The molecule has 216 valence electrons. The second-order valence-corrected chi connectivity index (χ2v) is 11.7. The lowest BCUT2D eigenvalue weighted by Gasteiger charge is -2.27. The molecular formula is C31H26ClN7O3S. The second kappa shape index (κ2) is 11.6. The average molecular weight is 612 g/mol. The zero-order valence-corrected chi connectivity index (χ0v) is 24.5. The van der Waals surface area contributed by atoms with Gasteiger partial charge in [0.05, 0.1) is 28.0 Å². The van der Waals surface area contributed by atoms with E-state index in [1.807, 2.05) is 24.3 Å². The van der Waals surface area contributed by atoms with Gasteiger partial charge in [-0.05, 0) is 74.0 Å². The molecule has 12 heteroatoms. The summed E-state index contributed by atoms with van der Waals surface area (Å²) >= 11 is 7.74. The van der Waals surface area contributed by atoms with Crippen LogP contribution in [-0.4, -0.2) is 44.9 Å². The summed E-state index contributed by atoms with van der Waals surface area (Å²) in [7, 11) is 0. The van der Waals surface area contributed by atoms with Crippen molar-refractivity contribution in [3.63, 3.8) is 0 Å². The minimum Gasteiger partial charge on any atom is -0.454 e. The minimum absolute atomic E-state index is 0.303. The third-order valence-electron chi connectivity index (χ3n) is 7.42. The smallest absolute Gasteiger partial charge is 0.332 e. The fourth-order valence-corrected chi connectivity index (χ4v) is 6.57. The molecule has 5 heterocycles. The number of urea groups is 1. The standard InChI is InChI=1S/C31H26ClN7O3S/c32-23-15-21(10-11-24(23)42-22-5-4-12-33-16-22)39-28-25-26(37-31(39)41)27(43-30(25)35-18-34-28)29(40)36-20-8-6-19(7-9-20)17-38-13-2-1-3-14-38/h4-12,15-16,18H,1-3,13-14,17H2,(H,36,40)(H,37,41). The van der Waals surface area contributed by atoms with Crippen LogP contribution in [0.2, 0.25) is 5.02 Å². The molecular weight excluding hydrogens is 586 g/mol. The summed E-state index contributed by atoms with van der Waals surface area (Å²) < 4.78 is 5.83. The van der Waals surface area contributed by atoms with Crippen molar-refractivity contribution >= 4 is 68.0 Å². The number of carbonyl (C=O) groups excluding carboxylic acids is 2. The second-order valence-electron chi connectivity index (χ2n) is 10.3. The Balaban J connectivity index is 1.13. The number of likely N-dealkylation sites (tertiary alicyclic amines) is 1. The normalized spacial score (nSPS) is 14.9. The first-order valence-electron chi connectivity index (χ1n) is 13.9. The number of aromatic nitrogens is 3. The van der Waals surface area contributed by atoms with Gasteiger partial charge in [-0.25, -0.2) is 19.7 Å². The summed E-state index contributed by atoms with van der Waals surface area (Å²) in [5, 5.41) is 6.74. The van der Waals surface area contributed by atoms with Crippen molar-refractivity contribution in [2.24, 2.45) is 0 Å². The van der Waals surface area contributed by atoms with E-state index in [4.69, 9.17) is 16.3 Å². The quantitative estimate of drug-likeness (QED) is 0.196. The van der Waals surface area contributed by atoms with Gasteiger partial charge in [-0.15, -0.1) is 11.3 Å². The number of nitrogens with zero attached hydrogens (tertiary/aromatic N) is 5. The lowest BCUT2D eigenvalue weighted by atomic mass is 10.1. The molecule has 0 radical (unpaired) electrons. The fraction of sp³-hybridized carbons (Fsp3) is 0.194. The number of nitrogens with one attached hydrogen (secondary N) is 2. The van der Waals surface area contributed by atoms with Crippen molar-refractivity contribution in [2.75, 3.05) is 28.6 Å². The number of anilines is 4. The van der Waals surface area contributed by atoms with Crippen molar-refractivity contribution < 1.29 is 14.3 Å². The van der Waals surface area contributed by atoms with E-state index in [1.54, 1.807) is 42.7 Å². The van der Waals surface area contributed by atoms with E-state index in [1.165, 1.54) is 47.4 Å². The molecule has 1 fully saturated rings. The first-order chi connectivity index (χ1) is 21.0. The summed E-state index contributed by atoms with van der Waals surface area (Å²) in [4.78, 5) is 44.5. The zero-order chi connectivity index (χ0) is 29.3. The Morgan fingerprint density at radius 1 is 1.07 bits per heavy atom. The molecule has 5 aromatic rings. The van der Waals surface area contributed by atoms with Gasteiger partial charge >= 0.3 is 6.03 Å². The molecule has 43 heavy (non-hydrogen) atoms. The lowest BCUT2D eigenvalue weighted by molar-refractivity contribution is 0.103. The molecule has 0 bridgehead atoms. The SMILES string of the molecule is O=C(Nc1ccc(CN2CCCCC2)cc1)c1sc2ncnc3c2c1NC(=O)N3c1ccc(Oc2cccnc2)c(Cl)c1. The molecule has 2 aromatic carbocycles. The fourth-order valence-electron chi connectivity index (χ4n) is 5.37. The van der Waals surface area contributed by atoms with E-state index in [9.17, 15) is 9.59 Å². The Kier molecular flexibility index (Phi) is 7.35. The van der Waals surface area contributed by atoms with Crippen molar-refractivity contribution in [1.29, 1.82) is 0 Å². The number of amides is 3.